The molecule has 2 unspecified atom stereocenters. The first-order valence-electron chi connectivity index (χ1n) is 5.88. The second kappa shape index (κ2) is 4.37. The van der Waals surface area contributed by atoms with Gasteiger partial charge in [0.25, 0.3) is 0 Å². The third-order valence-corrected chi connectivity index (χ3v) is 3.58. The molecule has 2 aromatic rings. The Morgan fingerprint density at radius 3 is 3.06 bits per heavy atom. The van der Waals surface area contributed by atoms with E-state index in [4.69, 9.17) is 16.3 Å². The van der Waals surface area contributed by atoms with Gasteiger partial charge in [0, 0.05) is 13.7 Å². The maximum absolute atomic E-state index is 5.93. The fourth-order valence-electron chi connectivity index (χ4n) is 2.43. The first-order chi connectivity index (χ1) is 8.66. The molecule has 0 saturated carbocycles. The summed E-state index contributed by atoms with van der Waals surface area (Å²) in [5.74, 6) is 0.768. The molecule has 2 aromatic heterocycles. The molecule has 0 amide bonds. The minimum atomic E-state index is 0.182. The quantitative estimate of drug-likeness (QED) is 0.838. The van der Waals surface area contributed by atoms with Crippen LogP contribution >= 0.6 is 11.6 Å². The smallest absolute Gasteiger partial charge is 0.226 e. The topological polar surface area (TPSA) is 66.9 Å². The van der Waals surface area contributed by atoms with Crippen molar-refractivity contribution in [2.24, 2.45) is 0 Å². The molecule has 1 N–H and O–H groups in total. The maximum atomic E-state index is 5.93. The van der Waals surface area contributed by atoms with Gasteiger partial charge < -0.3 is 14.6 Å². The number of nitrogens with zero attached hydrogens (tertiary/aromatic N) is 4. The van der Waals surface area contributed by atoms with Crippen LogP contribution in [-0.2, 0) is 4.74 Å². The monoisotopic (exact) mass is 267 g/mol. The van der Waals surface area contributed by atoms with Crippen LogP contribution in [0, 0.1) is 0 Å². The number of aromatic amines is 1. The molecular formula is C11H14ClN5O. The molecule has 18 heavy (non-hydrogen) atoms. The Hall–Kier alpha value is -1.40. The van der Waals surface area contributed by atoms with Crippen molar-refractivity contribution in [1.29, 1.82) is 0 Å². The summed E-state index contributed by atoms with van der Waals surface area (Å²) in [5.41, 5.74) is 1.39. The predicted molar refractivity (Wildman–Crippen MR) is 68.9 cm³/mol. The third-order valence-electron chi connectivity index (χ3n) is 3.41. The highest BCUT2D eigenvalue weighted by Gasteiger charge is 2.30. The molecule has 3 rings (SSSR count). The van der Waals surface area contributed by atoms with Gasteiger partial charge in [-0.3, -0.25) is 0 Å². The van der Waals surface area contributed by atoms with Crippen molar-refractivity contribution in [2.45, 2.75) is 25.5 Å². The Balaban J connectivity index is 2.04. The number of imidazole rings is 1. The molecule has 2 atom stereocenters. The Kier molecular flexibility index (Phi) is 2.83. The summed E-state index contributed by atoms with van der Waals surface area (Å²) < 4.78 is 5.59. The van der Waals surface area contributed by atoms with E-state index >= 15 is 0 Å². The minimum absolute atomic E-state index is 0.182. The summed E-state index contributed by atoms with van der Waals surface area (Å²) in [5, 5.41) is 0.211. The number of rotatable bonds is 2. The lowest BCUT2D eigenvalue weighted by molar-refractivity contribution is 0.118. The summed E-state index contributed by atoms with van der Waals surface area (Å²) in [6, 6.07) is 0.294. The Labute approximate surface area is 109 Å². The first kappa shape index (κ1) is 11.7. The van der Waals surface area contributed by atoms with Gasteiger partial charge in [0.2, 0.25) is 5.28 Å². The molecule has 0 spiro atoms. The number of nitrogens with one attached hydrogen (secondary N) is 1. The highest BCUT2D eigenvalue weighted by Crippen LogP contribution is 2.27. The molecule has 0 aromatic carbocycles. The van der Waals surface area contributed by atoms with Gasteiger partial charge in [-0.05, 0) is 24.9 Å². The second-order valence-corrected chi connectivity index (χ2v) is 4.80. The number of hydrogen-bond acceptors (Lipinski definition) is 5. The molecule has 3 heterocycles. The van der Waals surface area contributed by atoms with E-state index in [0.717, 1.165) is 24.4 Å². The van der Waals surface area contributed by atoms with Crippen molar-refractivity contribution in [1.82, 2.24) is 19.9 Å². The van der Waals surface area contributed by atoms with E-state index in [2.05, 4.69) is 31.8 Å². The lowest BCUT2D eigenvalue weighted by Gasteiger charge is -2.27. The summed E-state index contributed by atoms with van der Waals surface area (Å²) in [7, 11) is 1.99. The number of anilines is 1. The number of likely N-dealkylation sites (N-methyl/N-ethyl adjacent to an activating group) is 1. The third kappa shape index (κ3) is 1.81. The lowest BCUT2D eigenvalue weighted by Crippen LogP contribution is -2.37. The van der Waals surface area contributed by atoms with Crippen LogP contribution in [0.25, 0.3) is 11.2 Å². The molecule has 1 fully saturated rings. The number of hydrogen-bond donors (Lipinski definition) is 1. The molecule has 7 heteroatoms. The molecule has 0 radical (unpaired) electrons. The van der Waals surface area contributed by atoms with Gasteiger partial charge in [-0.15, -0.1) is 0 Å². The Morgan fingerprint density at radius 1 is 1.50 bits per heavy atom. The minimum Gasteiger partial charge on any atom is -0.376 e. The van der Waals surface area contributed by atoms with E-state index < -0.39 is 0 Å². The molecular weight excluding hydrogens is 254 g/mol. The number of H-pyrrole nitrogens is 1. The highest BCUT2D eigenvalue weighted by atomic mass is 35.5. The van der Waals surface area contributed by atoms with E-state index in [1.807, 2.05) is 7.05 Å². The average Bonchev–Trinajstić information content (AvgIpc) is 2.95. The highest BCUT2D eigenvalue weighted by molar-refractivity contribution is 6.28. The van der Waals surface area contributed by atoms with Crippen molar-refractivity contribution in [3.63, 3.8) is 0 Å². The fraction of sp³-hybridized carbons (Fsp3) is 0.545. The second-order valence-electron chi connectivity index (χ2n) is 4.46. The van der Waals surface area contributed by atoms with Crippen LogP contribution in [-0.4, -0.2) is 45.7 Å². The van der Waals surface area contributed by atoms with Crippen LogP contribution < -0.4 is 4.90 Å². The SMILES string of the molecule is CC1OCCC1N(C)c1nc(Cl)nc2nc[nH]c12. The zero-order chi connectivity index (χ0) is 12.7. The molecule has 1 aliphatic rings. The summed E-state index contributed by atoms with van der Waals surface area (Å²) in [6.45, 7) is 2.85. The van der Waals surface area contributed by atoms with Gasteiger partial charge in [-0.1, -0.05) is 0 Å². The summed E-state index contributed by atoms with van der Waals surface area (Å²) >= 11 is 5.93. The Morgan fingerprint density at radius 2 is 2.33 bits per heavy atom. The average molecular weight is 268 g/mol. The number of fused-ring (bicyclic) bond motifs is 1. The van der Waals surface area contributed by atoms with Crippen molar-refractivity contribution in [3.8, 4) is 0 Å². The van der Waals surface area contributed by atoms with Crippen LogP contribution in [0.1, 0.15) is 13.3 Å². The van der Waals surface area contributed by atoms with E-state index in [1.54, 1.807) is 6.33 Å². The van der Waals surface area contributed by atoms with E-state index in [0.29, 0.717) is 11.7 Å². The normalized spacial score (nSPS) is 23.7. The Bertz CT molecular complexity index is 572. The first-order valence-corrected chi connectivity index (χ1v) is 6.25. The lowest BCUT2D eigenvalue weighted by atomic mass is 10.1. The largest absolute Gasteiger partial charge is 0.376 e. The van der Waals surface area contributed by atoms with Crippen LogP contribution in [0.15, 0.2) is 6.33 Å². The van der Waals surface area contributed by atoms with Crippen molar-refractivity contribution in [2.75, 3.05) is 18.6 Å². The molecule has 1 aliphatic heterocycles. The van der Waals surface area contributed by atoms with Crippen molar-refractivity contribution >= 4 is 28.6 Å². The van der Waals surface area contributed by atoms with E-state index in [1.165, 1.54) is 0 Å². The van der Waals surface area contributed by atoms with Gasteiger partial charge in [-0.25, -0.2) is 4.98 Å². The number of aromatic nitrogens is 4. The van der Waals surface area contributed by atoms with Gasteiger partial charge >= 0.3 is 0 Å². The predicted octanol–water partition coefficient (Wildman–Crippen LogP) is 1.62. The number of ether oxygens (including phenoxy) is 1. The van der Waals surface area contributed by atoms with Gasteiger partial charge in [0.1, 0.15) is 5.52 Å². The number of halogens is 1. The zero-order valence-corrected chi connectivity index (χ0v) is 11.0. The van der Waals surface area contributed by atoms with Crippen molar-refractivity contribution in [3.05, 3.63) is 11.6 Å². The molecule has 1 saturated heterocycles. The van der Waals surface area contributed by atoms with E-state index in [9.17, 15) is 0 Å². The van der Waals surface area contributed by atoms with Crippen LogP contribution in [0.5, 0.6) is 0 Å². The van der Waals surface area contributed by atoms with Crippen LogP contribution in [0.3, 0.4) is 0 Å². The maximum Gasteiger partial charge on any atom is 0.226 e. The van der Waals surface area contributed by atoms with Gasteiger partial charge in [0.05, 0.1) is 18.5 Å². The molecule has 6 nitrogen and oxygen atoms in total. The molecule has 96 valence electrons. The zero-order valence-electron chi connectivity index (χ0n) is 10.2. The summed E-state index contributed by atoms with van der Waals surface area (Å²) in [6.07, 6.45) is 2.76. The van der Waals surface area contributed by atoms with Crippen LogP contribution in [0.4, 0.5) is 5.82 Å². The fourth-order valence-corrected chi connectivity index (χ4v) is 2.59. The van der Waals surface area contributed by atoms with Crippen LogP contribution in [0.2, 0.25) is 5.28 Å². The molecule has 0 aliphatic carbocycles. The van der Waals surface area contributed by atoms with Gasteiger partial charge in [-0.2, -0.15) is 9.97 Å². The van der Waals surface area contributed by atoms with Crippen molar-refractivity contribution < 1.29 is 4.74 Å². The summed E-state index contributed by atoms with van der Waals surface area (Å²) in [4.78, 5) is 17.6. The van der Waals surface area contributed by atoms with Gasteiger partial charge in [0.15, 0.2) is 11.5 Å². The molecule has 0 bridgehead atoms. The standard InChI is InChI=1S/C11H14ClN5O/c1-6-7(3-4-18-6)17(2)10-8-9(14-5-13-8)15-11(12)16-10/h5-7H,3-4H2,1-2H3,(H,13,14,15,16). The van der Waals surface area contributed by atoms with E-state index in [-0.39, 0.29) is 11.4 Å².